The van der Waals surface area contributed by atoms with Gasteiger partial charge in [0.15, 0.2) is 0 Å². The van der Waals surface area contributed by atoms with Crippen LogP contribution < -0.4 is 5.32 Å². The van der Waals surface area contributed by atoms with Crippen LogP contribution in [0.1, 0.15) is 12.6 Å². The smallest absolute Gasteiger partial charge is 0.137 e. The van der Waals surface area contributed by atoms with Gasteiger partial charge in [0.25, 0.3) is 0 Å². The molecule has 0 radical (unpaired) electrons. The molecule has 2 rings (SSSR count). The van der Waals surface area contributed by atoms with Crippen LogP contribution >= 0.6 is 11.6 Å². The van der Waals surface area contributed by atoms with Crippen molar-refractivity contribution in [3.8, 4) is 0 Å². The molecule has 0 aliphatic rings. The molecule has 0 aliphatic heterocycles. The molecule has 5 nitrogen and oxygen atoms in total. The lowest BCUT2D eigenvalue weighted by Gasteiger charge is -2.27. The molecule has 0 bridgehead atoms. The predicted molar refractivity (Wildman–Crippen MR) is 81.1 cm³/mol. The zero-order valence-corrected chi connectivity index (χ0v) is 12.9. The molecule has 0 saturated heterocycles. The molecule has 1 unspecified atom stereocenters. The first-order chi connectivity index (χ1) is 9.35. The first-order valence-corrected chi connectivity index (χ1v) is 6.94. The number of likely N-dealkylation sites (N-methyl/N-ethyl adjacent to an activating group) is 1. The summed E-state index contributed by atoms with van der Waals surface area (Å²) in [5, 5.41) is 14.1. The van der Waals surface area contributed by atoms with Gasteiger partial charge in [-0.05, 0) is 33.2 Å². The molecule has 2 heterocycles. The van der Waals surface area contributed by atoms with Gasteiger partial charge in [0, 0.05) is 32.0 Å². The van der Waals surface area contributed by atoms with Crippen LogP contribution in [0.4, 0.5) is 0 Å². The molecule has 1 atom stereocenters. The summed E-state index contributed by atoms with van der Waals surface area (Å²) in [6.45, 7) is 3.56. The second kappa shape index (κ2) is 6.10. The van der Waals surface area contributed by atoms with Gasteiger partial charge in [-0.15, -0.1) is 0 Å². The summed E-state index contributed by atoms with van der Waals surface area (Å²) in [7, 11) is 3.89. The molecule has 20 heavy (non-hydrogen) atoms. The van der Waals surface area contributed by atoms with Gasteiger partial charge in [0.2, 0.25) is 0 Å². The molecule has 2 N–H and O–H groups in total. The molecular formula is C14H21ClN4O. The highest BCUT2D eigenvalue weighted by Crippen LogP contribution is 2.12. The lowest BCUT2D eigenvalue weighted by atomic mass is 10.1. The van der Waals surface area contributed by atoms with Crippen molar-refractivity contribution in [3.05, 3.63) is 35.2 Å². The third-order valence-electron chi connectivity index (χ3n) is 2.93. The van der Waals surface area contributed by atoms with Gasteiger partial charge in [-0.25, -0.2) is 4.98 Å². The Bertz CT molecular complexity index is 580. The fourth-order valence-electron chi connectivity index (χ4n) is 2.30. The molecule has 0 saturated carbocycles. The van der Waals surface area contributed by atoms with E-state index in [2.05, 4.69) is 10.3 Å². The summed E-state index contributed by atoms with van der Waals surface area (Å²) in [4.78, 5) is 6.45. The molecule has 110 valence electrons. The fourth-order valence-corrected chi connectivity index (χ4v) is 2.47. The largest absolute Gasteiger partial charge is 0.388 e. The van der Waals surface area contributed by atoms with Gasteiger partial charge in [-0.1, -0.05) is 11.6 Å². The lowest BCUT2D eigenvalue weighted by Crippen LogP contribution is -2.45. The van der Waals surface area contributed by atoms with E-state index in [1.807, 2.05) is 54.8 Å². The average Bonchev–Trinajstić information content (AvgIpc) is 2.68. The first kappa shape index (κ1) is 15.3. The van der Waals surface area contributed by atoms with E-state index >= 15 is 0 Å². The Morgan fingerprint density at radius 1 is 1.40 bits per heavy atom. The number of nitrogens with zero attached hydrogens (tertiary/aromatic N) is 3. The van der Waals surface area contributed by atoms with Crippen LogP contribution in [0.5, 0.6) is 0 Å². The normalized spacial score (nSPS) is 14.9. The van der Waals surface area contributed by atoms with E-state index in [4.69, 9.17) is 11.6 Å². The first-order valence-electron chi connectivity index (χ1n) is 6.57. The highest BCUT2D eigenvalue weighted by Gasteiger charge is 2.20. The number of imidazole rings is 1. The third kappa shape index (κ3) is 4.18. The van der Waals surface area contributed by atoms with Gasteiger partial charge >= 0.3 is 0 Å². The van der Waals surface area contributed by atoms with E-state index in [0.717, 1.165) is 11.3 Å². The molecule has 0 aromatic carbocycles. The molecule has 0 spiro atoms. The van der Waals surface area contributed by atoms with Crippen molar-refractivity contribution in [3.63, 3.8) is 0 Å². The van der Waals surface area contributed by atoms with Crippen LogP contribution in [0, 0.1) is 0 Å². The van der Waals surface area contributed by atoms with Crippen molar-refractivity contribution in [2.75, 3.05) is 27.2 Å². The van der Waals surface area contributed by atoms with Crippen LogP contribution in [0.2, 0.25) is 5.02 Å². The summed E-state index contributed by atoms with van der Waals surface area (Å²) in [6, 6.07) is 3.71. The van der Waals surface area contributed by atoms with Gasteiger partial charge in [0.1, 0.15) is 5.65 Å². The van der Waals surface area contributed by atoms with Crippen LogP contribution in [0.25, 0.3) is 5.65 Å². The Morgan fingerprint density at radius 2 is 2.15 bits per heavy atom. The summed E-state index contributed by atoms with van der Waals surface area (Å²) < 4.78 is 1.90. The molecular weight excluding hydrogens is 276 g/mol. The second-order valence-electron chi connectivity index (χ2n) is 5.68. The number of fused-ring (bicyclic) bond motifs is 1. The number of aliphatic hydroxyl groups is 1. The number of rotatable bonds is 6. The summed E-state index contributed by atoms with van der Waals surface area (Å²) >= 11 is 5.94. The predicted octanol–water partition coefficient (Wildman–Crippen LogP) is 1.39. The maximum atomic E-state index is 10.2. The minimum absolute atomic E-state index is 0.514. The Labute approximate surface area is 124 Å². The van der Waals surface area contributed by atoms with E-state index in [-0.39, 0.29) is 0 Å². The monoisotopic (exact) mass is 296 g/mol. The van der Waals surface area contributed by atoms with E-state index < -0.39 is 5.60 Å². The molecule has 0 aliphatic carbocycles. The van der Waals surface area contributed by atoms with Crippen LogP contribution in [-0.4, -0.2) is 52.2 Å². The van der Waals surface area contributed by atoms with Gasteiger partial charge in [-0.3, -0.25) is 0 Å². The van der Waals surface area contributed by atoms with E-state index in [1.54, 1.807) is 0 Å². The van der Waals surface area contributed by atoms with Crippen molar-refractivity contribution in [1.29, 1.82) is 0 Å². The Morgan fingerprint density at radius 3 is 2.85 bits per heavy atom. The Balaban J connectivity index is 1.93. The van der Waals surface area contributed by atoms with Gasteiger partial charge in [0.05, 0.1) is 16.3 Å². The molecule has 6 heteroatoms. The highest BCUT2D eigenvalue weighted by atomic mass is 35.5. The fraction of sp³-hybridized carbons (Fsp3) is 0.500. The molecule has 0 amide bonds. The number of hydrogen-bond acceptors (Lipinski definition) is 4. The van der Waals surface area contributed by atoms with Crippen molar-refractivity contribution >= 4 is 17.2 Å². The standard InChI is InChI=1S/C14H21ClN4O/c1-14(20,10-18(2)3)9-16-6-12-8-19-7-11(15)4-5-13(19)17-12/h4-5,7-8,16,20H,6,9-10H2,1-3H3. The highest BCUT2D eigenvalue weighted by molar-refractivity contribution is 6.30. The molecule has 2 aromatic heterocycles. The third-order valence-corrected chi connectivity index (χ3v) is 3.16. The van der Waals surface area contributed by atoms with E-state index in [9.17, 15) is 5.11 Å². The van der Waals surface area contributed by atoms with Crippen molar-refractivity contribution < 1.29 is 5.11 Å². The maximum absolute atomic E-state index is 10.2. The topological polar surface area (TPSA) is 52.8 Å². The Kier molecular flexibility index (Phi) is 4.65. The maximum Gasteiger partial charge on any atom is 0.137 e. The molecule has 2 aromatic rings. The van der Waals surface area contributed by atoms with Gasteiger partial charge < -0.3 is 19.7 Å². The number of nitrogens with one attached hydrogen (secondary N) is 1. The quantitative estimate of drug-likeness (QED) is 0.846. The summed E-state index contributed by atoms with van der Waals surface area (Å²) in [5.74, 6) is 0. The number of halogens is 1. The van der Waals surface area contributed by atoms with E-state index in [1.165, 1.54) is 0 Å². The van der Waals surface area contributed by atoms with Crippen LogP contribution in [0.15, 0.2) is 24.5 Å². The lowest BCUT2D eigenvalue weighted by molar-refractivity contribution is 0.0335. The van der Waals surface area contributed by atoms with Crippen LogP contribution in [0.3, 0.4) is 0 Å². The SMILES string of the molecule is CN(C)CC(C)(O)CNCc1cn2cc(Cl)ccc2n1. The van der Waals surface area contributed by atoms with Crippen molar-refractivity contribution in [2.24, 2.45) is 0 Å². The Hall–Kier alpha value is -1.14. The zero-order valence-electron chi connectivity index (χ0n) is 12.1. The minimum atomic E-state index is -0.758. The summed E-state index contributed by atoms with van der Waals surface area (Å²) in [6.07, 6.45) is 3.77. The van der Waals surface area contributed by atoms with Crippen LogP contribution in [-0.2, 0) is 6.54 Å². The number of aromatic nitrogens is 2. The minimum Gasteiger partial charge on any atom is -0.388 e. The molecule has 0 fully saturated rings. The second-order valence-corrected chi connectivity index (χ2v) is 6.12. The van der Waals surface area contributed by atoms with E-state index in [0.29, 0.717) is 24.7 Å². The average molecular weight is 297 g/mol. The number of hydrogen-bond donors (Lipinski definition) is 2. The zero-order chi connectivity index (χ0) is 14.8. The van der Waals surface area contributed by atoms with Crippen molar-refractivity contribution in [2.45, 2.75) is 19.1 Å². The van der Waals surface area contributed by atoms with Gasteiger partial charge in [-0.2, -0.15) is 0 Å². The van der Waals surface area contributed by atoms with Crippen molar-refractivity contribution in [1.82, 2.24) is 19.6 Å². The summed E-state index contributed by atoms with van der Waals surface area (Å²) in [5.41, 5.74) is 1.03. The number of pyridine rings is 1.